The SMILES string of the molecule is CN1CCN(c2c([18F])cc3c(=O)c(C(=O)O)cn4c3c2SCC4)CC1. The molecule has 0 atom stereocenters. The van der Waals surface area contributed by atoms with Gasteiger partial charge in [-0.1, -0.05) is 0 Å². The molecule has 0 amide bonds. The van der Waals surface area contributed by atoms with Crippen molar-refractivity contribution in [3.05, 3.63) is 33.9 Å². The standard InChI is InChI=1S/C17H18FN3O3S/c1-19-2-4-20(5-3-19)14-12(18)8-10-13-16(14)25-7-6-21(13)9-11(15(10)22)17(23)24/h8-9H,2-7H2,1H3,(H,23,24)/i18-1. The van der Waals surface area contributed by atoms with Crippen LogP contribution in [0.5, 0.6) is 0 Å². The Hall–Kier alpha value is -2.06. The van der Waals surface area contributed by atoms with Crippen molar-refractivity contribution in [1.82, 2.24) is 9.47 Å². The lowest BCUT2D eigenvalue weighted by Crippen LogP contribution is -2.45. The second-order valence-corrected chi connectivity index (χ2v) is 7.55. The molecule has 25 heavy (non-hydrogen) atoms. The summed E-state index contributed by atoms with van der Waals surface area (Å²) in [6.07, 6.45) is 1.39. The van der Waals surface area contributed by atoms with Crippen LogP contribution in [-0.4, -0.2) is 59.5 Å². The number of hydrogen-bond donors (Lipinski definition) is 1. The highest BCUT2D eigenvalue weighted by molar-refractivity contribution is 7.99. The molecule has 0 bridgehead atoms. The third-order valence-electron chi connectivity index (χ3n) is 4.87. The van der Waals surface area contributed by atoms with Crippen LogP contribution in [-0.2, 0) is 6.54 Å². The average molecular weight is 362 g/mol. The zero-order valence-corrected chi connectivity index (χ0v) is 14.6. The fourth-order valence-electron chi connectivity index (χ4n) is 3.52. The lowest BCUT2D eigenvalue weighted by atomic mass is 10.1. The van der Waals surface area contributed by atoms with Gasteiger partial charge in [-0.2, -0.15) is 0 Å². The zero-order valence-electron chi connectivity index (χ0n) is 13.8. The Morgan fingerprint density at radius 2 is 1.96 bits per heavy atom. The van der Waals surface area contributed by atoms with E-state index in [1.807, 2.05) is 11.9 Å². The lowest BCUT2D eigenvalue weighted by molar-refractivity contribution is 0.0695. The number of benzene rings is 1. The molecule has 6 nitrogen and oxygen atoms in total. The van der Waals surface area contributed by atoms with Gasteiger partial charge in [-0.05, 0) is 13.1 Å². The molecule has 1 saturated heterocycles. The Bertz CT molecular complexity index is 935. The molecule has 0 aliphatic carbocycles. The number of aromatic carboxylic acids is 1. The van der Waals surface area contributed by atoms with Crippen molar-refractivity contribution in [1.29, 1.82) is 0 Å². The van der Waals surface area contributed by atoms with E-state index in [-0.39, 0.29) is 10.9 Å². The average Bonchev–Trinajstić information content (AvgIpc) is 2.58. The number of nitrogens with zero attached hydrogens (tertiary/aromatic N) is 3. The van der Waals surface area contributed by atoms with Crippen LogP contribution in [0.25, 0.3) is 10.9 Å². The van der Waals surface area contributed by atoms with Gasteiger partial charge in [0, 0.05) is 44.7 Å². The second-order valence-electron chi connectivity index (χ2n) is 6.44. The number of rotatable bonds is 2. The summed E-state index contributed by atoms with van der Waals surface area (Å²) in [5.74, 6) is -1.01. The van der Waals surface area contributed by atoms with Gasteiger partial charge < -0.3 is 19.5 Å². The van der Waals surface area contributed by atoms with E-state index in [1.165, 1.54) is 24.0 Å². The predicted octanol–water partition coefficient (Wildman–Crippen LogP) is 1.70. The van der Waals surface area contributed by atoms with E-state index >= 15 is 0 Å². The summed E-state index contributed by atoms with van der Waals surface area (Å²) in [5, 5.41) is 9.41. The molecular formula is C17H18FN3O3S. The molecule has 1 aromatic carbocycles. The summed E-state index contributed by atoms with van der Waals surface area (Å²) in [4.78, 5) is 28.8. The van der Waals surface area contributed by atoms with Gasteiger partial charge in [0.05, 0.1) is 21.5 Å². The Morgan fingerprint density at radius 3 is 2.64 bits per heavy atom. The number of aromatic nitrogens is 1. The number of carboxylic acids is 1. The molecule has 0 saturated carbocycles. The van der Waals surface area contributed by atoms with Gasteiger partial charge in [0.25, 0.3) is 0 Å². The molecule has 2 aromatic rings. The first-order chi connectivity index (χ1) is 12.0. The maximum absolute atomic E-state index is 15.0. The fourth-order valence-corrected chi connectivity index (χ4v) is 4.74. The summed E-state index contributed by atoms with van der Waals surface area (Å²) in [5.41, 5.74) is 0.270. The molecule has 0 spiro atoms. The zero-order chi connectivity index (χ0) is 17.7. The van der Waals surface area contributed by atoms with Crippen molar-refractivity contribution in [2.45, 2.75) is 11.4 Å². The van der Waals surface area contributed by atoms with Crippen molar-refractivity contribution < 1.29 is 14.3 Å². The molecule has 1 fully saturated rings. The summed E-state index contributed by atoms with van der Waals surface area (Å²) in [6.45, 7) is 3.76. The fraction of sp³-hybridized carbons (Fsp3) is 0.412. The minimum Gasteiger partial charge on any atom is -0.477 e. The number of hydrogen-bond acceptors (Lipinski definition) is 5. The first-order valence-electron chi connectivity index (χ1n) is 8.16. The van der Waals surface area contributed by atoms with Crippen LogP contribution >= 0.6 is 11.8 Å². The molecule has 0 unspecified atom stereocenters. The van der Waals surface area contributed by atoms with Gasteiger partial charge in [-0.15, -0.1) is 11.8 Å². The first kappa shape index (κ1) is 16.4. The molecule has 2 aliphatic heterocycles. The molecular weight excluding hydrogens is 344 g/mol. The summed E-state index contributed by atoms with van der Waals surface area (Å²) >= 11 is 1.54. The van der Waals surface area contributed by atoms with E-state index in [0.29, 0.717) is 23.5 Å². The predicted molar refractivity (Wildman–Crippen MR) is 95.6 cm³/mol. The van der Waals surface area contributed by atoms with Gasteiger partial charge in [-0.25, -0.2) is 9.18 Å². The first-order valence-corrected chi connectivity index (χ1v) is 9.15. The Kier molecular flexibility index (Phi) is 3.96. The Labute approximate surface area is 147 Å². The van der Waals surface area contributed by atoms with Gasteiger partial charge >= 0.3 is 5.97 Å². The smallest absolute Gasteiger partial charge is 0.341 e. The monoisotopic (exact) mass is 362 g/mol. The molecule has 1 N–H and O–H groups in total. The third-order valence-corrected chi connectivity index (χ3v) is 5.93. The van der Waals surface area contributed by atoms with Crippen molar-refractivity contribution in [3.8, 4) is 0 Å². The van der Waals surface area contributed by atoms with Crippen molar-refractivity contribution in [2.75, 3.05) is 43.9 Å². The highest BCUT2D eigenvalue weighted by atomic mass is 32.2. The number of piperazine rings is 1. The largest absolute Gasteiger partial charge is 0.477 e. The highest BCUT2D eigenvalue weighted by Gasteiger charge is 2.28. The van der Waals surface area contributed by atoms with Crippen LogP contribution in [0.4, 0.5) is 10.1 Å². The maximum Gasteiger partial charge on any atom is 0.341 e. The Balaban J connectivity index is 1.97. The molecule has 4 rings (SSSR count). The van der Waals surface area contributed by atoms with Crippen LogP contribution in [0.3, 0.4) is 0 Å². The van der Waals surface area contributed by atoms with Crippen molar-refractivity contribution >= 4 is 34.3 Å². The van der Waals surface area contributed by atoms with Gasteiger partial charge in [0.1, 0.15) is 11.4 Å². The molecule has 132 valence electrons. The number of aryl methyl sites for hydroxylation is 1. The molecule has 2 aliphatic rings. The van der Waals surface area contributed by atoms with Crippen LogP contribution in [0, 0.1) is 5.82 Å². The minimum absolute atomic E-state index is 0.150. The van der Waals surface area contributed by atoms with E-state index in [9.17, 15) is 19.1 Å². The van der Waals surface area contributed by atoms with E-state index < -0.39 is 17.2 Å². The van der Waals surface area contributed by atoms with Crippen molar-refractivity contribution in [3.63, 3.8) is 0 Å². The van der Waals surface area contributed by atoms with Crippen molar-refractivity contribution in [2.24, 2.45) is 0 Å². The normalized spacial score (nSPS) is 17.9. The number of carbonyl (C=O) groups is 1. The summed E-state index contributed by atoms with van der Waals surface area (Å²) < 4.78 is 16.7. The highest BCUT2D eigenvalue weighted by Crippen LogP contribution is 2.41. The number of halogens is 1. The Morgan fingerprint density at radius 1 is 1.24 bits per heavy atom. The van der Waals surface area contributed by atoms with Crippen LogP contribution in [0.1, 0.15) is 10.4 Å². The number of pyridine rings is 1. The topological polar surface area (TPSA) is 65.8 Å². The second kappa shape index (κ2) is 6.03. The quantitative estimate of drug-likeness (QED) is 0.877. The van der Waals surface area contributed by atoms with Crippen LogP contribution in [0.2, 0.25) is 0 Å². The van der Waals surface area contributed by atoms with E-state index in [0.717, 1.165) is 31.1 Å². The molecule has 0 radical (unpaired) electrons. The van der Waals surface area contributed by atoms with Gasteiger partial charge in [-0.3, -0.25) is 4.79 Å². The number of thioether (sulfide) groups is 1. The minimum atomic E-state index is -1.28. The van der Waals surface area contributed by atoms with E-state index in [4.69, 9.17) is 0 Å². The number of carboxylic acid groups (broad SMARTS) is 1. The molecule has 8 heteroatoms. The maximum atomic E-state index is 15.0. The lowest BCUT2D eigenvalue weighted by Gasteiger charge is -2.36. The van der Waals surface area contributed by atoms with E-state index in [2.05, 4.69) is 4.90 Å². The van der Waals surface area contributed by atoms with Gasteiger partial charge in [0.15, 0.2) is 0 Å². The molecule has 3 heterocycles. The van der Waals surface area contributed by atoms with Gasteiger partial charge in [0.2, 0.25) is 5.43 Å². The van der Waals surface area contributed by atoms with E-state index in [1.54, 1.807) is 4.57 Å². The number of anilines is 1. The van der Waals surface area contributed by atoms with Crippen LogP contribution in [0.15, 0.2) is 22.0 Å². The summed E-state index contributed by atoms with van der Waals surface area (Å²) in [6, 6.07) is 1.21. The third kappa shape index (κ3) is 2.60. The molecule has 1 aromatic heterocycles. The van der Waals surface area contributed by atoms with Crippen LogP contribution < -0.4 is 10.3 Å². The summed E-state index contributed by atoms with van der Waals surface area (Å²) in [7, 11) is 2.04. The number of likely N-dealkylation sites (N-methyl/N-ethyl adjacent to an activating group) is 1.